The van der Waals surface area contributed by atoms with Gasteiger partial charge in [-0.05, 0) is 31.3 Å². The molecule has 0 radical (unpaired) electrons. The molecule has 0 saturated carbocycles. The van der Waals surface area contributed by atoms with Crippen molar-refractivity contribution in [2.45, 2.75) is 13.0 Å². The number of hydrogen-bond donors (Lipinski definition) is 5. The summed E-state index contributed by atoms with van der Waals surface area (Å²) in [6.07, 6.45) is 7.16. The van der Waals surface area contributed by atoms with E-state index in [4.69, 9.17) is 22.4 Å². The summed E-state index contributed by atoms with van der Waals surface area (Å²) in [7, 11) is 0. The minimum absolute atomic E-state index is 0.141. The molecule has 0 bridgehead atoms. The Morgan fingerprint density at radius 1 is 1.34 bits per heavy atom. The van der Waals surface area contributed by atoms with Crippen molar-refractivity contribution in [3.63, 3.8) is 0 Å². The van der Waals surface area contributed by atoms with E-state index in [2.05, 4.69) is 20.4 Å². The van der Waals surface area contributed by atoms with Crippen molar-refractivity contribution in [1.82, 2.24) is 14.5 Å². The number of fused-ring (bicyclic) bond motifs is 1. The van der Waals surface area contributed by atoms with Crippen LogP contribution in [0.1, 0.15) is 18.5 Å². The summed E-state index contributed by atoms with van der Waals surface area (Å²) in [6, 6.07) is 5.73. The zero-order valence-corrected chi connectivity index (χ0v) is 15.6. The van der Waals surface area contributed by atoms with Gasteiger partial charge in [0.25, 0.3) is 0 Å². The van der Waals surface area contributed by atoms with Crippen LogP contribution in [-0.4, -0.2) is 20.2 Å². The monoisotopic (exact) mass is 393 g/mol. The average Bonchev–Trinajstić information content (AvgIpc) is 3.11. The molecule has 9 nitrogen and oxygen atoms in total. The topological polar surface area (TPSA) is 155 Å². The minimum Gasteiger partial charge on any atom is -0.405 e. The average molecular weight is 393 g/mol. The maximum atomic E-state index is 13.8. The van der Waals surface area contributed by atoms with Gasteiger partial charge in [-0.2, -0.15) is 5.11 Å². The molecular formula is C19H20FN9. The van der Waals surface area contributed by atoms with Crippen LogP contribution >= 0.6 is 0 Å². The van der Waals surface area contributed by atoms with E-state index in [1.54, 1.807) is 35.9 Å². The molecule has 0 fully saturated rings. The number of halogens is 1. The number of para-hydroxylation sites is 1. The van der Waals surface area contributed by atoms with Crippen LogP contribution < -0.4 is 16.8 Å². The van der Waals surface area contributed by atoms with Crippen molar-refractivity contribution in [3.8, 4) is 0 Å². The number of nitrogens with zero attached hydrogens (tertiary/aromatic N) is 4. The second-order valence-electron chi connectivity index (χ2n) is 6.16. The van der Waals surface area contributed by atoms with Gasteiger partial charge in [0.15, 0.2) is 0 Å². The number of hydrogen-bond acceptors (Lipinski definition) is 8. The number of rotatable bonds is 7. The fourth-order valence-electron chi connectivity index (χ4n) is 2.91. The number of allylic oxidation sites excluding steroid dienone is 2. The highest BCUT2D eigenvalue weighted by molar-refractivity contribution is 6.16. The number of anilines is 2. The van der Waals surface area contributed by atoms with Gasteiger partial charge >= 0.3 is 0 Å². The van der Waals surface area contributed by atoms with Gasteiger partial charge in [0.05, 0.1) is 22.8 Å². The Morgan fingerprint density at radius 3 is 2.79 bits per heavy atom. The summed E-state index contributed by atoms with van der Waals surface area (Å²) >= 11 is 0. The highest BCUT2D eigenvalue weighted by Gasteiger charge is 2.21. The van der Waals surface area contributed by atoms with Crippen molar-refractivity contribution >= 4 is 28.3 Å². The number of nitrogens with two attached hydrogens (primary N) is 2. The Bertz CT molecular complexity index is 1130. The normalized spacial score (nSPS) is 13.0. The quantitative estimate of drug-likeness (QED) is 0.307. The van der Waals surface area contributed by atoms with Gasteiger partial charge in [-0.3, -0.25) is 0 Å². The van der Waals surface area contributed by atoms with Gasteiger partial charge in [0.2, 0.25) is 0 Å². The SMILES string of the molecule is CC(/C(=C/Nc1ccccc1F)N=N)n1cc(C(=N)/C=C\N)c2c(N)ncnc21. The van der Waals surface area contributed by atoms with Gasteiger partial charge in [-0.1, -0.05) is 12.1 Å². The lowest BCUT2D eigenvalue weighted by Gasteiger charge is -2.15. The second-order valence-corrected chi connectivity index (χ2v) is 6.16. The first kappa shape index (κ1) is 19.7. The maximum Gasteiger partial charge on any atom is 0.146 e. The van der Waals surface area contributed by atoms with E-state index in [0.29, 0.717) is 22.3 Å². The highest BCUT2D eigenvalue weighted by Crippen LogP contribution is 2.30. The number of nitrogens with one attached hydrogen (secondary N) is 3. The van der Waals surface area contributed by atoms with E-state index >= 15 is 0 Å². The van der Waals surface area contributed by atoms with Crippen molar-refractivity contribution in [2.24, 2.45) is 10.8 Å². The lowest BCUT2D eigenvalue weighted by atomic mass is 10.1. The molecule has 2 heterocycles. The zero-order chi connectivity index (χ0) is 21.0. The fourth-order valence-corrected chi connectivity index (χ4v) is 2.91. The third-order valence-corrected chi connectivity index (χ3v) is 4.42. The second kappa shape index (κ2) is 8.30. The van der Waals surface area contributed by atoms with Crippen LogP contribution in [-0.2, 0) is 0 Å². The first-order chi connectivity index (χ1) is 14.0. The summed E-state index contributed by atoms with van der Waals surface area (Å²) in [4.78, 5) is 8.29. The van der Waals surface area contributed by atoms with Gasteiger partial charge in [-0.25, -0.2) is 19.9 Å². The molecule has 3 rings (SSSR count). The van der Waals surface area contributed by atoms with Gasteiger partial charge in [0, 0.05) is 18.0 Å². The molecule has 0 aliphatic carbocycles. The van der Waals surface area contributed by atoms with Crippen molar-refractivity contribution in [2.75, 3.05) is 11.1 Å². The van der Waals surface area contributed by atoms with Crippen LogP contribution in [0.15, 0.2) is 66.1 Å². The van der Waals surface area contributed by atoms with Crippen molar-refractivity contribution in [3.05, 3.63) is 72.3 Å². The third kappa shape index (κ3) is 3.81. The first-order valence-electron chi connectivity index (χ1n) is 8.64. The van der Waals surface area contributed by atoms with Crippen molar-refractivity contribution in [1.29, 1.82) is 10.9 Å². The first-order valence-corrected chi connectivity index (χ1v) is 8.64. The van der Waals surface area contributed by atoms with Crippen LogP contribution in [0.2, 0.25) is 0 Å². The lowest BCUT2D eigenvalue weighted by Crippen LogP contribution is -2.08. The molecule has 1 atom stereocenters. The fraction of sp³-hybridized carbons (Fsp3) is 0.105. The van der Waals surface area contributed by atoms with E-state index in [1.165, 1.54) is 30.9 Å². The standard InChI is InChI=1S/C19H20FN9/c1-11(16(28-24)8-25-15-5-3-2-4-13(15)20)29-9-12(14(22)6-7-21)17-18(23)26-10-27-19(17)29/h2-11,22,24-25H,21H2,1H3,(H2,23,26,27)/b7-6-,16-8-,22-14?,28-24?. The molecule has 10 heteroatoms. The molecule has 0 aliphatic heterocycles. The minimum atomic E-state index is -0.466. The molecule has 2 aromatic heterocycles. The Morgan fingerprint density at radius 2 is 2.10 bits per heavy atom. The number of nitrogen functional groups attached to an aromatic ring is 1. The summed E-state index contributed by atoms with van der Waals surface area (Å²) < 4.78 is 15.6. The summed E-state index contributed by atoms with van der Waals surface area (Å²) in [5.41, 5.74) is 20.7. The predicted molar refractivity (Wildman–Crippen MR) is 110 cm³/mol. The molecule has 148 valence electrons. The van der Waals surface area contributed by atoms with E-state index in [0.717, 1.165) is 0 Å². The molecular weight excluding hydrogens is 373 g/mol. The van der Waals surface area contributed by atoms with Crippen LogP contribution in [0.4, 0.5) is 15.9 Å². The summed E-state index contributed by atoms with van der Waals surface area (Å²) in [6.45, 7) is 1.80. The number of aromatic nitrogens is 3. The van der Waals surface area contributed by atoms with Crippen LogP contribution in [0.3, 0.4) is 0 Å². The summed E-state index contributed by atoms with van der Waals surface area (Å²) in [5, 5.41) is 15.1. The Balaban J connectivity index is 2.05. The summed E-state index contributed by atoms with van der Waals surface area (Å²) in [5.74, 6) is -0.194. The highest BCUT2D eigenvalue weighted by atomic mass is 19.1. The predicted octanol–water partition coefficient (Wildman–Crippen LogP) is 3.54. The molecule has 1 unspecified atom stereocenters. The smallest absolute Gasteiger partial charge is 0.146 e. The third-order valence-electron chi connectivity index (χ3n) is 4.42. The van der Waals surface area contributed by atoms with Crippen molar-refractivity contribution < 1.29 is 4.39 Å². The van der Waals surface area contributed by atoms with Crippen LogP contribution in [0.25, 0.3) is 11.0 Å². The molecule has 3 aromatic rings. The van der Waals surface area contributed by atoms with E-state index in [-0.39, 0.29) is 17.2 Å². The Labute approximate surface area is 166 Å². The van der Waals surface area contributed by atoms with Gasteiger partial charge in [0.1, 0.15) is 29.3 Å². The molecule has 0 aliphatic rings. The van der Waals surface area contributed by atoms with Crippen LogP contribution in [0, 0.1) is 16.8 Å². The molecule has 0 saturated heterocycles. The Kier molecular flexibility index (Phi) is 5.63. The molecule has 29 heavy (non-hydrogen) atoms. The van der Waals surface area contributed by atoms with E-state index < -0.39 is 11.9 Å². The number of benzene rings is 1. The molecule has 0 spiro atoms. The largest absolute Gasteiger partial charge is 0.405 e. The lowest BCUT2D eigenvalue weighted by molar-refractivity contribution is 0.622. The molecule has 0 amide bonds. The molecule has 7 N–H and O–H groups in total. The molecule has 1 aromatic carbocycles. The van der Waals surface area contributed by atoms with Gasteiger partial charge < -0.3 is 26.8 Å². The van der Waals surface area contributed by atoms with E-state index in [1.807, 2.05) is 0 Å². The van der Waals surface area contributed by atoms with E-state index in [9.17, 15) is 4.39 Å². The maximum absolute atomic E-state index is 13.8. The Hall–Kier alpha value is -4.08. The van der Waals surface area contributed by atoms with Crippen LogP contribution in [0.5, 0.6) is 0 Å². The van der Waals surface area contributed by atoms with Gasteiger partial charge in [-0.15, -0.1) is 0 Å². The zero-order valence-electron chi connectivity index (χ0n) is 15.6.